The van der Waals surface area contributed by atoms with Crippen molar-refractivity contribution in [2.24, 2.45) is 0 Å². The van der Waals surface area contributed by atoms with Gasteiger partial charge in [-0.3, -0.25) is 0 Å². The molecule has 0 saturated heterocycles. The van der Waals surface area contributed by atoms with Crippen LogP contribution in [0.3, 0.4) is 0 Å². The minimum Gasteiger partial charge on any atom is -0.455 e. The lowest BCUT2D eigenvalue weighted by atomic mass is 9.81. The zero-order chi connectivity index (χ0) is 42.5. The third kappa shape index (κ3) is 5.34. The first-order chi connectivity index (χ1) is 31.5. The maximum Gasteiger partial charge on any atom is 0.145 e. The van der Waals surface area contributed by atoms with Crippen LogP contribution in [0.25, 0.3) is 93.6 Å². The molecule has 0 fully saturated rings. The fourth-order valence-corrected chi connectivity index (χ4v) is 10.8. The van der Waals surface area contributed by atoms with E-state index in [0.717, 1.165) is 72.4 Å². The molecule has 302 valence electrons. The zero-order valence-electron chi connectivity index (χ0n) is 35.6. The fraction of sp³-hybridized carbons (Fsp3) is 0.0492. The van der Waals surface area contributed by atoms with Crippen molar-refractivity contribution in [2.75, 3.05) is 4.90 Å². The van der Waals surface area contributed by atoms with E-state index in [1.54, 1.807) is 0 Å². The lowest BCUT2D eigenvalue weighted by Crippen LogP contribution is -2.15. The highest BCUT2D eigenvalue weighted by Gasteiger charge is 2.35. The van der Waals surface area contributed by atoms with Crippen LogP contribution in [0.5, 0.6) is 0 Å². The number of para-hydroxylation sites is 4. The van der Waals surface area contributed by atoms with Crippen molar-refractivity contribution in [3.63, 3.8) is 0 Å². The Morgan fingerprint density at radius 2 is 1.05 bits per heavy atom. The van der Waals surface area contributed by atoms with Gasteiger partial charge in [0.1, 0.15) is 11.2 Å². The van der Waals surface area contributed by atoms with E-state index >= 15 is 0 Å². The number of fused-ring (bicyclic) bond motifs is 10. The topological polar surface area (TPSA) is 21.3 Å². The SMILES string of the molecule is CC1(C)c2ccccc2-c2ccc(-c3cccc(N(c4ccc5c(oc6ccccc65)c4-c4ccccc4-n4c5ccccc5c5ccccc54)c4cccc5ccccc45)c3)cc21. The molecule has 64 heavy (non-hydrogen) atoms. The number of anilines is 3. The molecule has 0 unspecified atom stereocenters. The monoisotopic (exact) mass is 818 g/mol. The summed E-state index contributed by atoms with van der Waals surface area (Å²) >= 11 is 0. The third-order valence-corrected chi connectivity index (χ3v) is 13.8. The van der Waals surface area contributed by atoms with E-state index < -0.39 is 0 Å². The summed E-state index contributed by atoms with van der Waals surface area (Å²) in [7, 11) is 0. The van der Waals surface area contributed by atoms with Crippen molar-refractivity contribution in [1.29, 1.82) is 0 Å². The highest BCUT2D eigenvalue weighted by molar-refractivity contribution is 6.16. The lowest BCUT2D eigenvalue weighted by Gasteiger charge is -2.30. The number of nitrogens with zero attached hydrogens (tertiary/aromatic N) is 2. The second kappa shape index (κ2) is 13.9. The summed E-state index contributed by atoms with van der Waals surface area (Å²) < 4.78 is 9.51. The first-order valence-corrected chi connectivity index (χ1v) is 22.2. The van der Waals surface area contributed by atoms with Crippen LogP contribution in [0.15, 0.2) is 223 Å². The predicted octanol–water partition coefficient (Wildman–Crippen LogP) is 16.9. The number of rotatable bonds is 6. The summed E-state index contributed by atoms with van der Waals surface area (Å²) in [6.45, 7) is 4.71. The van der Waals surface area contributed by atoms with Gasteiger partial charge in [0.25, 0.3) is 0 Å². The summed E-state index contributed by atoms with van der Waals surface area (Å²) in [4.78, 5) is 2.46. The Morgan fingerprint density at radius 1 is 0.422 bits per heavy atom. The molecular weight excluding hydrogens is 777 g/mol. The molecule has 0 N–H and O–H groups in total. The first-order valence-electron chi connectivity index (χ1n) is 22.2. The first kappa shape index (κ1) is 36.5. The van der Waals surface area contributed by atoms with Gasteiger partial charge in [-0.25, -0.2) is 0 Å². The van der Waals surface area contributed by atoms with E-state index in [2.05, 4.69) is 242 Å². The third-order valence-electron chi connectivity index (χ3n) is 13.8. The minimum absolute atomic E-state index is 0.102. The van der Waals surface area contributed by atoms with Crippen LogP contribution in [0.4, 0.5) is 17.1 Å². The molecule has 13 rings (SSSR count). The summed E-state index contributed by atoms with van der Waals surface area (Å²) in [5.41, 5.74) is 18.1. The van der Waals surface area contributed by atoms with Gasteiger partial charge in [-0.2, -0.15) is 0 Å². The van der Waals surface area contributed by atoms with Crippen molar-refractivity contribution >= 4 is 71.6 Å². The highest BCUT2D eigenvalue weighted by Crippen LogP contribution is 2.52. The summed E-state index contributed by atoms with van der Waals surface area (Å²) in [6.07, 6.45) is 0. The average Bonchev–Trinajstić information content (AvgIpc) is 3.97. The molecule has 3 heteroatoms. The van der Waals surface area contributed by atoms with Crippen LogP contribution in [0, 0.1) is 0 Å². The Morgan fingerprint density at radius 3 is 1.88 bits per heavy atom. The van der Waals surface area contributed by atoms with E-state index in [0.29, 0.717) is 0 Å². The number of hydrogen-bond acceptors (Lipinski definition) is 2. The molecule has 12 aromatic rings. The van der Waals surface area contributed by atoms with Crippen molar-refractivity contribution in [3.8, 4) is 39.1 Å². The van der Waals surface area contributed by atoms with Crippen molar-refractivity contribution in [2.45, 2.75) is 19.3 Å². The molecule has 1 aliphatic rings. The van der Waals surface area contributed by atoms with E-state index in [4.69, 9.17) is 4.42 Å². The Balaban J connectivity index is 1.10. The van der Waals surface area contributed by atoms with E-state index in [1.807, 2.05) is 0 Å². The van der Waals surface area contributed by atoms with Gasteiger partial charge in [0.05, 0.1) is 33.7 Å². The van der Waals surface area contributed by atoms with Gasteiger partial charge in [-0.05, 0) is 99.4 Å². The van der Waals surface area contributed by atoms with Crippen LogP contribution in [0.2, 0.25) is 0 Å². The Labute approximate surface area is 371 Å². The number of hydrogen-bond donors (Lipinski definition) is 0. The van der Waals surface area contributed by atoms with Gasteiger partial charge in [-0.15, -0.1) is 0 Å². The van der Waals surface area contributed by atoms with Gasteiger partial charge >= 0.3 is 0 Å². The molecule has 0 saturated carbocycles. The molecule has 2 aromatic heterocycles. The normalized spacial score (nSPS) is 13.0. The molecule has 10 aromatic carbocycles. The van der Waals surface area contributed by atoms with Gasteiger partial charge in [0.2, 0.25) is 0 Å². The second-order valence-electron chi connectivity index (χ2n) is 17.6. The maximum absolute atomic E-state index is 7.08. The van der Waals surface area contributed by atoms with Crippen molar-refractivity contribution in [1.82, 2.24) is 4.57 Å². The predicted molar refractivity (Wildman–Crippen MR) is 269 cm³/mol. The molecule has 0 spiro atoms. The quantitative estimate of drug-likeness (QED) is 0.167. The van der Waals surface area contributed by atoms with E-state index in [9.17, 15) is 0 Å². The molecule has 0 atom stereocenters. The van der Waals surface area contributed by atoms with Crippen LogP contribution in [-0.4, -0.2) is 4.57 Å². The molecule has 0 radical (unpaired) electrons. The van der Waals surface area contributed by atoms with Gasteiger partial charge in [0.15, 0.2) is 0 Å². The smallest absolute Gasteiger partial charge is 0.145 e. The highest BCUT2D eigenvalue weighted by atomic mass is 16.3. The summed E-state index contributed by atoms with van der Waals surface area (Å²) in [5, 5.41) is 6.98. The number of benzene rings is 10. The van der Waals surface area contributed by atoms with Gasteiger partial charge < -0.3 is 13.9 Å². The Hall–Kier alpha value is -8.14. The lowest BCUT2D eigenvalue weighted by molar-refractivity contribution is 0.660. The molecule has 2 heterocycles. The van der Waals surface area contributed by atoms with Crippen molar-refractivity contribution < 1.29 is 4.42 Å². The Kier molecular flexibility index (Phi) is 7.95. The van der Waals surface area contributed by atoms with Crippen LogP contribution >= 0.6 is 0 Å². The van der Waals surface area contributed by atoms with Gasteiger partial charge in [0, 0.05) is 43.6 Å². The standard InChI is InChI=1S/C61H42N2O/c1-61(2)51-27-10-5-22-44(51)45-34-33-41(38-52(45)61)40-19-15-20-42(37-40)62(53-31-16-18-39-17-3-4-21-43(39)53)57-36-35-49-48-25-9-14-32-58(48)64-60(49)59(57)50-26-8-13-30-56(50)63-54-28-11-6-23-46(54)47-24-7-12-29-55(47)63/h3-38H,1-2H3. The zero-order valence-corrected chi connectivity index (χ0v) is 35.6. The minimum atomic E-state index is -0.102. The second-order valence-corrected chi connectivity index (χ2v) is 17.6. The number of furan rings is 1. The van der Waals surface area contributed by atoms with E-state index in [-0.39, 0.29) is 5.41 Å². The average molecular weight is 819 g/mol. The molecular formula is C61H42N2O. The number of aromatic nitrogens is 1. The molecule has 0 amide bonds. The fourth-order valence-electron chi connectivity index (χ4n) is 10.8. The molecule has 0 aliphatic heterocycles. The maximum atomic E-state index is 7.08. The van der Waals surface area contributed by atoms with Crippen molar-refractivity contribution in [3.05, 3.63) is 230 Å². The summed E-state index contributed by atoms with van der Waals surface area (Å²) in [6, 6.07) is 79.7. The molecule has 1 aliphatic carbocycles. The van der Waals surface area contributed by atoms with Crippen LogP contribution in [0.1, 0.15) is 25.0 Å². The Bertz CT molecular complexity index is 3790. The molecule has 0 bridgehead atoms. The largest absolute Gasteiger partial charge is 0.455 e. The molecule has 3 nitrogen and oxygen atoms in total. The van der Waals surface area contributed by atoms with Crippen LogP contribution < -0.4 is 4.90 Å². The van der Waals surface area contributed by atoms with E-state index in [1.165, 1.54) is 49.4 Å². The summed E-state index contributed by atoms with van der Waals surface area (Å²) in [5.74, 6) is 0. The van der Waals surface area contributed by atoms with Crippen LogP contribution in [-0.2, 0) is 5.41 Å². The van der Waals surface area contributed by atoms with Gasteiger partial charge in [-0.1, -0.05) is 172 Å².